The maximum absolute atomic E-state index is 2.28. The first kappa shape index (κ1) is 14.7. The van der Waals surface area contributed by atoms with Crippen molar-refractivity contribution in [2.45, 2.75) is 30.3 Å². The molecule has 1 aromatic carbocycles. The lowest BCUT2D eigenvalue weighted by Crippen LogP contribution is -2.28. The quantitative estimate of drug-likeness (QED) is 0.683. The summed E-state index contributed by atoms with van der Waals surface area (Å²) in [5, 5.41) is 0. The molecule has 1 fully saturated rings. The summed E-state index contributed by atoms with van der Waals surface area (Å²) in [6.07, 6.45) is 3.95. The van der Waals surface area contributed by atoms with Crippen molar-refractivity contribution in [2.75, 3.05) is 23.0 Å². The predicted octanol–water partition coefficient (Wildman–Crippen LogP) is 4.94. The summed E-state index contributed by atoms with van der Waals surface area (Å²) in [7, 11) is 0. The molecule has 1 aromatic rings. The van der Waals surface area contributed by atoms with Crippen LogP contribution in [-0.4, -0.2) is 27.1 Å². The van der Waals surface area contributed by atoms with Crippen molar-refractivity contribution in [2.24, 2.45) is 0 Å². The van der Waals surface area contributed by atoms with Crippen LogP contribution in [-0.2, 0) is 6.42 Å². The lowest BCUT2D eigenvalue weighted by Gasteiger charge is -2.36. The second kappa shape index (κ2) is 7.76. The van der Waals surface area contributed by atoms with Gasteiger partial charge in [-0.05, 0) is 47.8 Å². The molecule has 0 unspecified atom stereocenters. The van der Waals surface area contributed by atoms with E-state index in [2.05, 4.69) is 72.5 Å². The first-order valence-corrected chi connectivity index (χ1v) is 9.87. The van der Waals surface area contributed by atoms with Gasteiger partial charge < -0.3 is 0 Å². The number of hydrogen-bond donors (Lipinski definition) is 0. The van der Waals surface area contributed by atoms with Crippen LogP contribution in [0.5, 0.6) is 0 Å². The van der Waals surface area contributed by atoms with Crippen LogP contribution in [0.25, 0.3) is 0 Å². The Morgan fingerprint density at radius 3 is 2.56 bits per heavy atom. The number of thioether (sulfide) groups is 3. The minimum absolute atomic E-state index is 0.446. The molecule has 100 valence electrons. The SMILES string of the molecule is CCSCCC1(Cc2ccccc2)SCCCS1. The molecule has 0 nitrogen and oxygen atoms in total. The van der Waals surface area contributed by atoms with Gasteiger partial charge in [0.25, 0.3) is 0 Å². The van der Waals surface area contributed by atoms with E-state index in [9.17, 15) is 0 Å². The smallest absolute Gasteiger partial charge is 0.0659 e. The summed E-state index contributed by atoms with van der Waals surface area (Å²) in [6.45, 7) is 2.26. The van der Waals surface area contributed by atoms with Gasteiger partial charge in [0, 0.05) is 0 Å². The predicted molar refractivity (Wildman–Crippen MR) is 90.0 cm³/mol. The fraction of sp³-hybridized carbons (Fsp3) is 0.600. The average Bonchev–Trinajstić information content (AvgIpc) is 2.41. The van der Waals surface area contributed by atoms with Gasteiger partial charge in [0.1, 0.15) is 0 Å². The summed E-state index contributed by atoms with van der Waals surface area (Å²) in [5.41, 5.74) is 1.50. The first-order chi connectivity index (χ1) is 8.85. The third kappa shape index (κ3) is 4.43. The normalized spacial score (nSPS) is 18.7. The molecular formula is C15H22S3. The molecule has 0 aromatic heterocycles. The lowest BCUT2D eigenvalue weighted by molar-refractivity contribution is 0.758. The Balaban J connectivity index is 1.99. The molecule has 1 aliphatic heterocycles. The van der Waals surface area contributed by atoms with Gasteiger partial charge >= 0.3 is 0 Å². The first-order valence-electron chi connectivity index (χ1n) is 6.74. The van der Waals surface area contributed by atoms with Gasteiger partial charge in [-0.3, -0.25) is 0 Å². The van der Waals surface area contributed by atoms with Gasteiger partial charge in [0.15, 0.2) is 0 Å². The van der Waals surface area contributed by atoms with Crippen molar-refractivity contribution in [3.8, 4) is 0 Å². The standard InChI is InChI=1S/C15H22S3/c1-2-16-12-9-15(17-10-6-11-18-15)13-14-7-4-3-5-8-14/h3-5,7-8H,2,6,9-13H2,1H3. The van der Waals surface area contributed by atoms with E-state index in [1.54, 1.807) is 0 Å². The Bertz CT molecular complexity index is 331. The van der Waals surface area contributed by atoms with Gasteiger partial charge in [0.2, 0.25) is 0 Å². The van der Waals surface area contributed by atoms with E-state index >= 15 is 0 Å². The Morgan fingerprint density at radius 2 is 1.89 bits per heavy atom. The summed E-state index contributed by atoms with van der Waals surface area (Å²) in [5.74, 6) is 5.24. The number of benzene rings is 1. The molecule has 0 bridgehead atoms. The molecule has 0 aliphatic carbocycles. The Labute approximate surface area is 124 Å². The molecule has 18 heavy (non-hydrogen) atoms. The summed E-state index contributed by atoms with van der Waals surface area (Å²) in [6, 6.07) is 11.0. The molecule has 1 heterocycles. The topological polar surface area (TPSA) is 0 Å². The van der Waals surface area contributed by atoms with E-state index in [-0.39, 0.29) is 0 Å². The van der Waals surface area contributed by atoms with E-state index in [0.717, 1.165) is 0 Å². The van der Waals surface area contributed by atoms with Gasteiger partial charge in [-0.2, -0.15) is 11.8 Å². The van der Waals surface area contributed by atoms with Crippen molar-refractivity contribution >= 4 is 35.3 Å². The van der Waals surface area contributed by atoms with Crippen molar-refractivity contribution in [1.82, 2.24) is 0 Å². The monoisotopic (exact) mass is 298 g/mol. The Hall–Kier alpha value is 0.270. The van der Waals surface area contributed by atoms with Crippen molar-refractivity contribution in [1.29, 1.82) is 0 Å². The minimum atomic E-state index is 0.446. The van der Waals surface area contributed by atoms with Gasteiger partial charge in [-0.1, -0.05) is 37.3 Å². The fourth-order valence-electron chi connectivity index (χ4n) is 2.23. The molecule has 0 spiro atoms. The van der Waals surface area contributed by atoms with Crippen molar-refractivity contribution in [3.05, 3.63) is 35.9 Å². The highest BCUT2D eigenvalue weighted by Crippen LogP contribution is 2.47. The van der Waals surface area contributed by atoms with E-state index < -0.39 is 0 Å². The lowest BCUT2D eigenvalue weighted by atomic mass is 10.1. The molecule has 1 saturated heterocycles. The molecule has 0 radical (unpaired) electrons. The van der Waals surface area contributed by atoms with Crippen LogP contribution in [0.1, 0.15) is 25.3 Å². The molecule has 0 atom stereocenters. The van der Waals surface area contributed by atoms with E-state index in [1.165, 1.54) is 47.8 Å². The van der Waals surface area contributed by atoms with Gasteiger partial charge in [0.05, 0.1) is 4.08 Å². The maximum atomic E-state index is 2.28. The van der Waals surface area contributed by atoms with Crippen LogP contribution >= 0.6 is 35.3 Å². The molecule has 3 heteroatoms. The van der Waals surface area contributed by atoms with Crippen LogP contribution in [0.2, 0.25) is 0 Å². The zero-order chi connectivity index (χ0) is 12.7. The van der Waals surface area contributed by atoms with Gasteiger partial charge in [-0.15, -0.1) is 23.5 Å². The number of rotatable bonds is 6. The highest BCUT2D eigenvalue weighted by atomic mass is 32.2. The molecule has 0 amide bonds. The molecular weight excluding hydrogens is 276 g/mol. The minimum Gasteiger partial charge on any atom is -0.162 e. The third-order valence-electron chi connectivity index (χ3n) is 3.17. The molecule has 0 saturated carbocycles. The summed E-state index contributed by atoms with van der Waals surface area (Å²) >= 11 is 6.50. The summed E-state index contributed by atoms with van der Waals surface area (Å²) < 4.78 is 0.446. The summed E-state index contributed by atoms with van der Waals surface area (Å²) in [4.78, 5) is 0. The van der Waals surface area contributed by atoms with Crippen LogP contribution in [0, 0.1) is 0 Å². The zero-order valence-electron chi connectivity index (χ0n) is 11.1. The molecule has 2 rings (SSSR count). The average molecular weight is 299 g/mol. The van der Waals surface area contributed by atoms with E-state index in [0.29, 0.717) is 4.08 Å². The van der Waals surface area contributed by atoms with Crippen molar-refractivity contribution in [3.63, 3.8) is 0 Å². The van der Waals surface area contributed by atoms with Crippen molar-refractivity contribution < 1.29 is 0 Å². The van der Waals surface area contributed by atoms with Gasteiger partial charge in [-0.25, -0.2) is 0 Å². The maximum Gasteiger partial charge on any atom is 0.0659 e. The molecule has 1 aliphatic rings. The highest BCUT2D eigenvalue weighted by molar-refractivity contribution is 8.18. The fourth-order valence-corrected chi connectivity index (χ4v) is 6.64. The number of hydrogen-bond acceptors (Lipinski definition) is 3. The second-order valence-electron chi connectivity index (χ2n) is 4.57. The van der Waals surface area contributed by atoms with E-state index in [1.807, 2.05) is 0 Å². The molecule has 0 N–H and O–H groups in total. The third-order valence-corrected chi connectivity index (χ3v) is 7.51. The highest BCUT2D eigenvalue weighted by Gasteiger charge is 2.33. The Kier molecular flexibility index (Phi) is 6.33. The van der Waals surface area contributed by atoms with Crippen LogP contribution in [0.15, 0.2) is 30.3 Å². The van der Waals surface area contributed by atoms with E-state index in [4.69, 9.17) is 0 Å². The van der Waals surface area contributed by atoms with Crippen LogP contribution in [0.4, 0.5) is 0 Å². The van der Waals surface area contributed by atoms with Crippen LogP contribution < -0.4 is 0 Å². The second-order valence-corrected chi connectivity index (χ2v) is 9.18. The Morgan fingerprint density at radius 1 is 1.17 bits per heavy atom. The largest absolute Gasteiger partial charge is 0.162 e. The van der Waals surface area contributed by atoms with Crippen LogP contribution in [0.3, 0.4) is 0 Å². The zero-order valence-corrected chi connectivity index (χ0v) is 13.5.